The Kier molecular flexibility index (Phi) is 5.43. The first-order valence-corrected chi connectivity index (χ1v) is 10.2. The van der Waals surface area contributed by atoms with Crippen molar-refractivity contribution < 1.29 is 4.79 Å². The van der Waals surface area contributed by atoms with Crippen LogP contribution in [0.2, 0.25) is 0 Å². The highest BCUT2D eigenvalue weighted by Gasteiger charge is 2.51. The van der Waals surface area contributed by atoms with Crippen LogP contribution in [0.1, 0.15) is 48.8 Å². The van der Waals surface area contributed by atoms with Crippen molar-refractivity contribution in [1.82, 2.24) is 25.0 Å². The summed E-state index contributed by atoms with van der Waals surface area (Å²) in [6, 6.07) is 10.5. The molecule has 0 radical (unpaired) electrons. The SMILES string of the molecule is Cl.O=C(N1CCC(c2nnc3n2CCNC3)CC1)C1(Cc2ccccc2)CC1. The Balaban J connectivity index is 0.00000192. The molecule has 6 nitrogen and oxygen atoms in total. The van der Waals surface area contributed by atoms with Gasteiger partial charge in [0.15, 0.2) is 0 Å². The molecular formula is C21H28ClN5O. The predicted octanol–water partition coefficient (Wildman–Crippen LogP) is 2.53. The Morgan fingerprint density at radius 3 is 2.57 bits per heavy atom. The molecule has 1 saturated heterocycles. The lowest BCUT2D eigenvalue weighted by molar-refractivity contribution is -0.138. The van der Waals surface area contributed by atoms with Crippen LogP contribution in [0.3, 0.4) is 0 Å². The number of rotatable bonds is 4. The van der Waals surface area contributed by atoms with Crippen molar-refractivity contribution >= 4 is 18.3 Å². The van der Waals surface area contributed by atoms with E-state index in [4.69, 9.17) is 0 Å². The Labute approximate surface area is 172 Å². The highest BCUT2D eigenvalue weighted by molar-refractivity contribution is 5.86. The van der Waals surface area contributed by atoms with Crippen molar-refractivity contribution in [2.75, 3.05) is 19.6 Å². The molecule has 0 unspecified atom stereocenters. The third-order valence-corrected chi connectivity index (χ3v) is 6.49. The molecule has 0 spiro atoms. The summed E-state index contributed by atoms with van der Waals surface area (Å²) >= 11 is 0. The molecule has 1 amide bonds. The molecular weight excluding hydrogens is 374 g/mol. The predicted molar refractivity (Wildman–Crippen MR) is 109 cm³/mol. The van der Waals surface area contributed by atoms with E-state index in [1.807, 2.05) is 6.07 Å². The molecule has 1 aromatic carbocycles. The normalized spacial score (nSPS) is 20.9. The molecule has 1 saturated carbocycles. The maximum absolute atomic E-state index is 13.2. The lowest BCUT2D eigenvalue weighted by Crippen LogP contribution is -2.43. The van der Waals surface area contributed by atoms with Crippen molar-refractivity contribution in [3.63, 3.8) is 0 Å². The van der Waals surface area contributed by atoms with E-state index in [0.717, 1.165) is 76.5 Å². The van der Waals surface area contributed by atoms with Crippen molar-refractivity contribution in [2.24, 2.45) is 5.41 Å². The number of hydrogen-bond donors (Lipinski definition) is 1. The number of piperidine rings is 1. The van der Waals surface area contributed by atoms with E-state index >= 15 is 0 Å². The first-order valence-electron chi connectivity index (χ1n) is 10.2. The molecule has 3 heterocycles. The van der Waals surface area contributed by atoms with E-state index in [1.54, 1.807) is 0 Å². The standard InChI is InChI=1S/C21H27N5O.ClH/c27-20(21(8-9-21)14-16-4-2-1-3-5-16)25-11-6-17(7-12-25)19-24-23-18-15-22-10-13-26(18)19;/h1-5,17,22H,6-15H2;1H. The number of benzene rings is 1. The van der Waals surface area contributed by atoms with Crippen LogP contribution in [-0.4, -0.2) is 45.2 Å². The average molecular weight is 402 g/mol. The summed E-state index contributed by atoms with van der Waals surface area (Å²) in [5.41, 5.74) is 1.15. The zero-order chi connectivity index (χ0) is 18.3. The Hall–Kier alpha value is -1.92. The van der Waals surface area contributed by atoms with Gasteiger partial charge in [0.25, 0.3) is 0 Å². The van der Waals surface area contributed by atoms with Crippen LogP contribution in [0.5, 0.6) is 0 Å². The molecule has 7 heteroatoms. The van der Waals surface area contributed by atoms with Gasteiger partial charge in [-0.3, -0.25) is 4.79 Å². The lowest BCUT2D eigenvalue weighted by Gasteiger charge is -2.34. The largest absolute Gasteiger partial charge is 0.342 e. The van der Waals surface area contributed by atoms with E-state index in [-0.39, 0.29) is 17.8 Å². The second-order valence-corrected chi connectivity index (χ2v) is 8.31. The summed E-state index contributed by atoms with van der Waals surface area (Å²) in [5.74, 6) is 2.98. The Bertz CT molecular complexity index is 825. The number of aromatic nitrogens is 3. The molecule has 1 aliphatic carbocycles. The fraction of sp³-hybridized carbons (Fsp3) is 0.571. The number of nitrogens with zero attached hydrogens (tertiary/aromatic N) is 4. The number of nitrogens with one attached hydrogen (secondary N) is 1. The third kappa shape index (κ3) is 3.55. The van der Waals surface area contributed by atoms with Gasteiger partial charge in [-0.25, -0.2) is 0 Å². The molecule has 0 atom stereocenters. The second kappa shape index (κ2) is 7.84. The van der Waals surface area contributed by atoms with Gasteiger partial charge in [-0.2, -0.15) is 0 Å². The van der Waals surface area contributed by atoms with Gasteiger partial charge >= 0.3 is 0 Å². The molecule has 1 aromatic heterocycles. The molecule has 0 bridgehead atoms. The highest BCUT2D eigenvalue weighted by atomic mass is 35.5. The monoisotopic (exact) mass is 401 g/mol. The van der Waals surface area contributed by atoms with Crippen LogP contribution in [0, 0.1) is 5.41 Å². The molecule has 28 heavy (non-hydrogen) atoms. The van der Waals surface area contributed by atoms with E-state index in [0.29, 0.717) is 11.8 Å². The van der Waals surface area contributed by atoms with E-state index in [2.05, 4.69) is 49.2 Å². The van der Waals surface area contributed by atoms with Gasteiger partial charge in [0.05, 0.1) is 12.0 Å². The fourth-order valence-electron chi connectivity index (χ4n) is 4.70. The highest BCUT2D eigenvalue weighted by Crippen LogP contribution is 2.50. The average Bonchev–Trinajstić information content (AvgIpc) is 3.37. The summed E-state index contributed by atoms with van der Waals surface area (Å²) < 4.78 is 2.29. The quantitative estimate of drug-likeness (QED) is 0.855. The van der Waals surface area contributed by atoms with E-state index in [1.165, 1.54) is 5.56 Å². The molecule has 150 valence electrons. The molecule has 2 aliphatic heterocycles. The second-order valence-electron chi connectivity index (χ2n) is 8.31. The minimum atomic E-state index is -0.131. The van der Waals surface area contributed by atoms with Crippen molar-refractivity contribution in [2.45, 2.75) is 51.1 Å². The number of hydrogen-bond acceptors (Lipinski definition) is 4. The van der Waals surface area contributed by atoms with Gasteiger partial charge in [0.1, 0.15) is 11.6 Å². The summed E-state index contributed by atoms with van der Waals surface area (Å²) in [6.45, 7) is 4.45. The molecule has 2 aromatic rings. The van der Waals surface area contributed by atoms with Gasteiger partial charge in [-0.15, -0.1) is 22.6 Å². The zero-order valence-electron chi connectivity index (χ0n) is 16.1. The number of amides is 1. The summed E-state index contributed by atoms with van der Waals surface area (Å²) in [5, 5.41) is 12.2. The number of halogens is 1. The van der Waals surface area contributed by atoms with Crippen LogP contribution in [-0.2, 0) is 24.3 Å². The first-order chi connectivity index (χ1) is 13.3. The summed E-state index contributed by atoms with van der Waals surface area (Å²) in [6.07, 6.45) is 4.95. The third-order valence-electron chi connectivity index (χ3n) is 6.49. The number of carbonyl (C=O) groups excluding carboxylic acids is 1. The molecule has 1 N–H and O–H groups in total. The Morgan fingerprint density at radius 1 is 1.11 bits per heavy atom. The van der Waals surface area contributed by atoms with Gasteiger partial charge in [0.2, 0.25) is 5.91 Å². The maximum atomic E-state index is 13.2. The van der Waals surface area contributed by atoms with Crippen molar-refractivity contribution in [3.8, 4) is 0 Å². The maximum Gasteiger partial charge on any atom is 0.229 e. The van der Waals surface area contributed by atoms with E-state index < -0.39 is 0 Å². The van der Waals surface area contributed by atoms with E-state index in [9.17, 15) is 4.79 Å². The summed E-state index contributed by atoms with van der Waals surface area (Å²) in [7, 11) is 0. The summed E-state index contributed by atoms with van der Waals surface area (Å²) in [4.78, 5) is 15.3. The van der Waals surface area contributed by atoms with Crippen LogP contribution in [0.4, 0.5) is 0 Å². The smallest absolute Gasteiger partial charge is 0.229 e. The van der Waals surface area contributed by atoms with Crippen LogP contribution < -0.4 is 5.32 Å². The van der Waals surface area contributed by atoms with Gasteiger partial charge in [0, 0.05) is 32.1 Å². The first kappa shape index (κ1) is 19.4. The van der Waals surface area contributed by atoms with Crippen LogP contribution >= 0.6 is 12.4 Å². The van der Waals surface area contributed by atoms with Crippen molar-refractivity contribution in [3.05, 3.63) is 47.5 Å². The van der Waals surface area contributed by atoms with Crippen LogP contribution in [0.25, 0.3) is 0 Å². The number of fused-ring (bicyclic) bond motifs is 1. The lowest BCUT2D eigenvalue weighted by atomic mass is 9.91. The number of likely N-dealkylation sites (tertiary alicyclic amines) is 1. The minimum Gasteiger partial charge on any atom is -0.342 e. The van der Waals surface area contributed by atoms with Gasteiger partial charge in [-0.05, 0) is 37.7 Å². The molecule has 5 rings (SSSR count). The number of carbonyl (C=O) groups is 1. The fourth-order valence-corrected chi connectivity index (χ4v) is 4.70. The molecule has 3 aliphatic rings. The van der Waals surface area contributed by atoms with Gasteiger partial charge < -0.3 is 14.8 Å². The topological polar surface area (TPSA) is 63.1 Å². The minimum absolute atomic E-state index is 0. The Morgan fingerprint density at radius 2 is 1.86 bits per heavy atom. The molecule has 2 fully saturated rings. The van der Waals surface area contributed by atoms with Crippen LogP contribution in [0.15, 0.2) is 30.3 Å². The zero-order valence-corrected chi connectivity index (χ0v) is 17.0. The van der Waals surface area contributed by atoms with Gasteiger partial charge in [-0.1, -0.05) is 30.3 Å². The van der Waals surface area contributed by atoms with Crippen molar-refractivity contribution in [1.29, 1.82) is 0 Å².